The third-order valence-corrected chi connectivity index (χ3v) is 1.94. The number of allylic oxidation sites excluding steroid dienone is 4. The molecule has 0 bridgehead atoms. The molecule has 0 radical (unpaired) electrons. The van der Waals surface area contributed by atoms with Crippen LogP contribution >= 0.6 is 15.9 Å². The predicted octanol–water partition coefficient (Wildman–Crippen LogP) is 2.18. The molecule has 0 heterocycles. The molecule has 0 atom stereocenters. The van der Waals surface area contributed by atoms with Gasteiger partial charge in [-0.1, -0.05) is 28.1 Å². The maximum absolute atomic E-state index is 10.2. The van der Waals surface area contributed by atoms with Crippen molar-refractivity contribution >= 4 is 22.2 Å². The molecular weight excluding hydrogens is 180 g/mol. The van der Waals surface area contributed by atoms with Gasteiger partial charge in [0.25, 0.3) is 0 Å². The molecule has 0 saturated heterocycles. The van der Waals surface area contributed by atoms with Gasteiger partial charge in [-0.25, -0.2) is 0 Å². The van der Waals surface area contributed by atoms with Gasteiger partial charge in [0.2, 0.25) is 0 Å². The van der Waals surface area contributed by atoms with Crippen molar-refractivity contribution in [1.29, 1.82) is 0 Å². The highest BCUT2D eigenvalue weighted by Gasteiger charge is 2.01. The Morgan fingerprint density at radius 1 is 1.44 bits per heavy atom. The van der Waals surface area contributed by atoms with Crippen LogP contribution in [-0.4, -0.2) is 6.29 Å². The molecule has 1 nitrogen and oxygen atoms in total. The maximum Gasteiger partial charge on any atom is 0.146 e. The van der Waals surface area contributed by atoms with Crippen molar-refractivity contribution in [2.75, 3.05) is 0 Å². The first-order valence-electron chi connectivity index (χ1n) is 2.83. The normalized spacial score (nSPS) is 18.3. The van der Waals surface area contributed by atoms with E-state index in [9.17, 15) is 4.79 Å². The summed E-state index contributed by atoms with van der Waals surface area (Å²) in [5, 5.41) is 0. The van der Waals surface area contributed by atoms with E-state index in [1.54, 1.807) is 0 Å². The van der Waals surface area contributed by atoms with Crippen LogP contribution in [0, 0.1) is 0 Å². The largest absolute Gasteiger partial charge is 0.298 e. The van der Waals surface area contributed by atoms with Crippen LogP contribution in [0.4, 0.5) is 0 Å². The molecule has 0 aromatic rings. The Bertz CT molecular complexity index is 179. The van der Waals surface area contributed by atoms with Crippen molar-refractivity contribution in [1.82, 2.24) is 0 Å². The Morgan fingerprint density at radius 3 is 2.67 bits per heavy atom. The molecule has 0 unspecified atom stereocenters. The summed E-state index contributed by atoms with van der Waals surface area (Å²) in [5.74, 6) is 0. The second-order valence-electron chi connectivity index (χ2n) is 1.97. The number of rotatable bonds is 1. The number of hydrogen-bond acceptors (Lipinski definition) is 1. The van der Waals surface area contributed by atoms with Crippen LogP contribution in [0.5, 0.6) is 0 Å². The fraction of sp³-hybridized carbons (Fsp3) is 0.286. The highest BCUT2D eigenvalue weighted by atomic mass is 79.9. The molecule has 0 N–H and O–H groups in total. The monoisotopic (exact) mass is 186 g/mol. The maximum atomic E-state index is 10.2. The second kappa shape index (κ2) is 2.97. The number of aldehydes is 1. The van der Waals surface area contributed by atoms with Crippen molar-refractivity contribution in [2.24, 2.45) is 0 Å². The lowest BCUT2D eigenvalue weighted by molar-refractivity contribution is -0.105. The second-order valence-corrected chi connectivity index (χ2v) is 2.99. The quantitative estimate of drug-likeness (QED) is 0.575. The van der Waals surface area contributed by atoms with Crippen molar-refractivity contribution in [3.63, 3.8) is 0 Å². The first kappa shape index (κ1) is 6.75. The minimum absolute atomic E-state index is 0.876. The van der Waals surface area contributed by atoms with E-state index in [4.69, 9.17) is 0 Å². The highest BCUT2D eigenvalue weighted by molar-refractivity contribution is 9.11. The molecule has 1 aliphatic rings. The van der Waals surface area contributed by atoms with Gasteiger partial charge in [-0.2, -0.15) is 0 Å². The molecule has 1 rings (SSSR count). The molecule has 9 heavy (non-hydrogen) atoms. The zero-order valence-corrected chi connectivity index (χ0v) is 6.52. The predicted molar refractivity (Wildman–Crippen MR) is 40.4 cm³/mol. The van der Waals surface area contributed by atoms with Crippen LogP contribution in [0.2, 0.25) is 0 Å². The number of carbonyl (C=O) groups is 1. The average molecular weight is 187 g/mol. The molecule has 1 aliphatic carbocycles. The van der Waals surface area contributed by atoms with E-state index in [0.717, 1.165) is 24.7 Å². The van der Waals surface area contributed by atoms with Crippen molar-refractivity contribution in [3.05, 3.63) is 22.2 Å². The molecule has 0 fully saturated rings. The zero-order chi connectivity index (χ0) is 6.69. The Labute approximate surface area is 62.6 Å². The Morgan fingerprint density at radius 2 is 2.22 bits per heavy atom. The lowest BCUT2D eigenvalue weighted by Gasteiger charge is -2.03. The molecule has 0 aromatic carbocycles. The van der Waals surface area contributed by atoms with Crippen LogP contribution in [0.15, 0.2) is 22.2 Å². The minimum atomic E-state index is 0.876. The van der Waals surface area contributed by atoms with Gasteiger partial charge in [-0.15, -0.1) is 0 Å². The summed E-state index contributed by atoms with van der Waals surface area (Å²) < 4.78 is 1.17. The lowest BCUT2D eigenvalue weighted by atomic mass is 10.1. The third-order valence-electron chi connectivity index (χ3n) is 1.28. The topological polar surface area (TPSA) is 17.1 Å². The number of carbonyl (C=O) groups excluding carboxylic acids is 1. The minimum Gasteiger partial charge on any atom is -0.298 e. The van der Waals surface area contributed by atoms with Gasteiger partial charge in [-0.3, -0.25) is 4.79 Å². The van der Waals surface area contributed by atoms with Crippen molar-refractivity contribution in [2.45, 2.75) is 12.8 Å². The van der Waals surface area contributed by atoms with Gasteiger partial charge in [0.05, 0.1) is 0 Å². The van der Waals surface area contributed by atoms with E-state index in [1.165, 1.54) is 4.48 Å². The Kier molecular flexibility index (Phi) is 2.22. The Hall–Kier alpha value is -0.370. The zero-order valence-electron chi connectivity index (χ0n) is 4.93. The fourth-order valence-electron chi connectivity index (χ4n) is 0.726. The van der Waals surface area contributed by atoms with Gasteiger partial charge in [0, 0.05) is 0 Å². The van der Waals surface area contributed by atoms with Gasteiger partial charge in [0.1, 0.15) is 6.29 Å². The SMILES string of the molecule is O=CC1=CC=C(Br)CC1. The van der Waals surface area contributed by atoms with Crippen LogP contribution < -0.4 is 0 Å². The average Bonchev–Trinajstić information content (AvgIpc) is 1.90. The van der Waals surface area contributed by atoms with Crippen molar-refractivity contribution < 1.29 is 4.79 Å². The molecular formula is C7H7BrO. The van der Waals surface area contributed by atoms with E-state index < -0.39 is 0 Å². The van der Waals surface area contributed by atoms with Gasteiger partial charge in [0.15, 0.2) is 0 Å². The third kappa shape index (κ3) is 1.79. The van der Waals surface area contributed by atoms with Crippen LogP contribution in [0.25, 0.3) is 0 Å². The van der Waals surface area contributed by atoms with E-state index in [1.807, 2.05) is 12.2 Å². The Balaban J connectivity index is 2.69. The molecule has 0 saturated carbocycles. The smallest absolute Gasteiger partial charge is 0.146 e. The standard InChI is InChI=1S/C7H7BrO/c8-7-3-1-6(5-9)2-4-7/h1,3,5H,2,4H2. The molecule has 0 spiro atoms. The highest BCUT2D eigenvalue weighted by Crippen LogP contribution is 2.20. The van der Waals surface area contributed by atoms with Crippen LogP contribution in [-0.2, 0) is 4.79 Å². The van der Waals surface area contributed by atoms with E-state index in [-0.39, 0.29) is 0 Å². The number of halogens is 1. The fourth-order valence-corrected chi connectivity index (χ4v) is 1.06. The van der Waals surface area contributed by atoms with Gasteiger partial charge in [-0.05, 0) is 22.9 Å². The molecule has 48 valence electrons. The summed E-state index contributed by atoms with van der Waals surface area (Å²) in [5.41, 5.74) is 0.887. The first-order valence-corrected chi connectivity index (χ1v) is 3.62. The summed E-state index contributed by atoms with van der Waals surface area (Å²) in [6.07, 6.45) is 6.52. The molecule has 2 heteroatoms. The van der Waals surface area contributed by atoms with Gasteiger partial charge >= 0.3 is 0 Å². The van der Waals surface area contributed by atoms with Gasteiger partial charge < -0.3 is 0 Å². The van der Waals surface area contributed by atoms with E-state index >= 15 is 0 Å². The molecule has 0 aromatic heterocycles. The lowest BCUT2D eigenvalue weighted by Crippen LogP contribution is -1.89. The van der Waals surface area contributed by atoms with Crippen LogP contribution in [0.3, 0.4) is 0 Å². The first-order chi connectivity index (χ1) is 4.33. The van der Waals surface area contributed by atoms with E-state index in [2.05, 4.69) is 15.9 Å². The number of hydrogen-bond donors (Lipinski definition) is 0. The van der Waals surface area contributed by atoms with E-state index in [0.29, 0.717) is 0 Å². The summed E-state index contributed by atoms with van der Waals surface area (Å²) in [6, 6.07) is 0. The molecule has 0 aliphatic heterocycles. The van der Waals surface area contributed by atoms with Crippen LogP contribution in [0.1, 0.15) is 12.8 Å². The molecule has 0 amide bonds. The summed E-state index contributed by atoms with van der Waals surface area (Å²) in [6.45, 7) is 0. The summed E-state index contributed by atoms with van der Waals surface area (Å²) in [4.78, 5) is 10.2. The van der Waals surface area contributed by atoms with Crippen molar-refractivity contribution in [3.8, 4) is 0 Å². The summed E-state index contributed by atoms with van der Waals surface area (Å²) in [7, 11) is 0. The summed E-state index contributed by atoms with van der Waals surface area (Å²) >= 11 is 3.35.